The van der Waals surface area contributed by atoms with Gasteiger partial charge in [-0.25, -0.2) is 0 Å². The van der Waals surface area contributed by atoms with Crippen molar-refractivity contribution in [1.29, 1.82) is 0 Å². The molecule has 0 saturated carbocycles. The average Bonchev–Trinajstić information content (AvgIpc) is 2.19. The molecule has 0 saturated heterocycles. The van der Waals surface area contributed by atoms with Crippen LogP contribution < -0.4 is 11.1 Å². The first-order chi connectivity index (χ1) is 7.52. The van der Waals surface area contributed by atoms with E-state index in [1.807, 2.05) is 0 Å². The minimum atomic E-state index is -0.471. The van der Waals surface area contributed by atoms with Crippen LogP contribution in [0.15, 0.2) is 22.7 Å². The summed E-state index contributed by atoms with van der Waals surface area (Å²) in [4.78, 5) is 20.7. The number of primary amides is 1. The van der Waals surface area contributed by atoms with Crippen LogP contribution in [0.25, 0.3) is 0 Å². The van der Waals surface area contributed by atoms with Gasteiger partial charge in [0.15, 0.2) is 0 Å². The molecule has 86 valence electrons. The molecular weight excluding hydrogens is 278 g/mol. The van der Waals surface area contributed by atoms with E-state index in [-0.39, 0.29) is 12.2 Å². The summed E-state index contributed by atoms with van der Waals surface area (Å²) in [7, 11) is 0. The lowest BCUT2D eigenvalue weighted by molar-refractivity contribution is -0.385. The fourth-order valence-electron chi connectivity index (χ4n) is 1.16. The van der Waals surface area contributed by atoms with Crippen molar-refractivity contribution in [2.24, 2.45) is 5.73 Å². The highest BCUT2D eigenvalue weighted by molar-refractivity contribution is 9.10. The standard InChI is InChI=1S/C9H10BrN3O3/c10-9-6(4-12-5-8(11)14)2-1-3-7(9)13(15)16/h1-3,12H,4-5H2,(H2,11,14). The molecule has 0 unspecified atom stereocenters. The van der Waals surface area contributed by atoms with Crippen molar-refractivity contribution in [3.05, 3.63) is 38.3 Å². The van der Waals surface area contributed by atoms with E-state index in [4.69, 9.17) is 5.73 Å². The van der Waals surface area contributed by atoms with E-state index < -0.39 is 10.8 Å². The molecule has 0 heterocycles. The normalized spacial score (nSPS) is 10.1. The Balaban J connectivity index is 2.77. The first-order valence-electron chi connectivity index (χ1n) is 4.43. The van der Waals surface area contributed by atoms with Crippen LogP contribution in [0.3, 0.4) is 0 Å². The van der Waals surface area contributed by atoms with E-state index in [0.717, 1.165) is 0 Å². The van der Waals surface area contributed by atoms with E-state index in [1.165, 1.54) is 6.07 Å². The van der Waals surface area contributed by atoms with Gasteiger partial charge in [-0.15, -0.1) is 0 Å². The van der Waals surface area contributed by atoms with Gasteiger partial charge in [0.1, 0.15) is 0 Å². The number of rotatable bonds is 5. The van der Waals surface area contributed by atoms with Crippen molar-refractivity contribution in [1.82, 2.24) is 5.32 Å². The molecule has 0 fully saturated rings. The van der Waals surface area contributed by atoms with Crippen molar-refractivity contribution in [3.8, 4) is 0 Å². The first kappa shape index (κ1) is 12.6. The minimum absolute atomic E-state index is 0.00150. The van der Waals surface area contributed by atoms with Crippen LogP contribution in [0.2, 0.25) is 0 Å². The lowest BCUT2D eigenvalue weighted by Crippen LogP contribution is -2.28. The molecule has 3 N–H and O–H groups in total. The van der Waals surface area contributed by atoms with Crippen LogP contribution in [-0.4, -0.2) is 17.4 Å². The number of hydrogen-bond acceptors (Lipinski definition) is 4. The van der Waals surface area contributed by atoms with E-state index in [2.05, 4.69) is 21.2 Å². The van der Waals surface area contributed by atoms with Crippen LogP contribution in [-0.2, 0) is 11.3 Å². The molecule has 0 aliphatic carbocycles. The second-order valence-electron chi connectivity index (χ2n) is 3.08. The molecule has 1 aromatic rings. The largest absolute Gasteiger partial charge is 0.369 e. The maximum absolute atomic E-state index is 10.6. The number of nitrogens with one attached hydrogen (secondary N) is 1. The third kappa shape index (κ3) is 3.28. The monoisotopic (exact) mass is 287 g/mol. The zero-order chi connectivity index (χ0) is 12.1. The number of hydrogen-bond donors (Lipinski definition) is 2. The summed E-state index contributed by atoms with van der Waals surface area (Å²) in [5.41, 5.74) is 5.65. The SMILES string of the molecule is NC(=O)CNCc1cccc([N+](=O)[O-])c1Br. The van der Waals surface area contributed by atoms with Gasteiger partial charge in [-0.1, -0.05) is 12.1 Å². The number of nitrogens with two attached hydrogens (primary N) is 1. The number of amides is 1. The highest BCUT2D eigenvalue weighted by Crippen LogP contribution is 2.27. The molecule has 0 aromatic heterocycles. The number of benzene rings is 1. The van der Waals surface area contributed by atoms with E-state index >= 15 is 0 Å². The molecule has 1 amide bonds. The van der Waals surface area contributed by atoms with Crippen molar-refractivity contribution in [2.45, 2.75) is 6.54 Å². The van der Waals surface area contributed by atoms with Gasteiger partial charge in [0.25, 0.3) is 5.69 Å². The molecular formula is C9H10BrN3O3. The van der Waals surface area contributed by atoms with Gasteiger partial charge >= 0.3 is 0 Å². The van der Waals surface area contributed by atoms with Gasteiger partial charge in [0.2, 0.25) is 5.91 Å². The molecule has 0 atom stereocenters. The maximum Gasteiger partial charge on any atom is 0.283 e. The summed E-state index contributed by atoms with van der Waals surface area (Å²) in [6.07, 6.45) is 0. The van der Waals surface area contributed by atoms with Gasteiger partial charge in [-0.2, -0.15) is 0 Å². The van der Waals surface area contributed by atoms with Crippen molar-refractivity contribution in [2.75, 3.05) is 6.54 Å². The van der Waals surface area contributed by atoms with Crippen molar-refractivity contribution >= 4 is 27.5 Å². The molecule has 7 heteroatoms. The van der Waals surface area contributed by atoms with Crippen molar-refractivity contribution in [3.63, 3.8) is 0 Å². The second-order valence-corrected chi connectivity index (χ2v) is 3.87. The minimum Gasteiger partial charge on any atom is -0.369 e. The molecule has 1 aromatic carbocycles. The molecule has 0 bridgehead atoms. The number of nitro groups is 1. The molecule has 16 heavy (non-hydrogen) atoms. The highest BCUT2D eigenvalue weighted by Gasteiger charge is 2.14. The Morgan fingerprint density at radius 3 is 2.81 bits per heavy atom. The molecule has 0 spiro atoms. The maximum atomic E-state index is 10.6. The third-order valence-electron chi connectivity index (χ3n) is 1.87. The first-order valence-corrected chi connectivity index (χ1v) is 5.22. The molecule has 0 aliphatic rings. The van der Waals surface area contributed by atoms with Crippen LogP contribution in [0, 0.1) is 10.1 Å². The van der Waals surface area contributed by atoms with Crippen LogP contribution >= 0.6 is 15.9 Å². The van der Waals surface area contributed by atoms with Gasteiger partial charge in [-0.05, 0) is 21.5 Å². The number of halogens is 1. The Hall–Kier alpha value is -1.47. The number of nitrogens with zero attached hydrogens (tertiary/aromatic N) is 1. The predicted molar refractivity (Wildman–Crippen MR) is 61.7 cm³/mol. The zero-order valence-corrected chi connectivity index (χ0v) is 9.86. The Kier molecular flexibility index (Phi) is 4.39. The van der Waals surface area contributed by atoms with Crippen molar-refractivity contribution < 1.29 is 9.72 Å². The molecule has 6 nitrogen and oxygen atoms in total. The Morgan fingerprint density at radius 1 is 1.56 bits per heavy atom. The predicted octanol–water partition coefficient (Wildman–Crippen LogP) is 0.932. The third-order valence-corrected chi connectivity index (χ3v) is 2.79. The molecule has 0 radical (unpaired) electrons. The second kappa shape index (κ2) is 5.57. The summed E-state index contributed by atoms with van der Waals surface area (Å²) in [5, 5.41) is 13.4. The smallest absolute Gasteiger partial charge is 0.283 e. The van der Waals surface area contributed by atoms with Crippen LogP contribution in [0.5, 0.6) is 0 Å². The van der Waals surface area contributed by atoms with Gasteiger partial charge in [0, 0.05) is 12.6 Å². The van der Waals surface area contributed by atoms with Crippen LogP contribution in [0.4, 0.5) is 5.69 Å². The number of carbonyl (C=O) groups excluding carboxylic acids is 1. The molecule has 0 aliphatic heterocycles. The highest BCUT2D eigenvalue weighted by atomic mass is 79.9. The van der Waals surface area contributed by atoms with E-state index in [0.29, 0.717) is 16.6 Å². The summed E-state index contributed by atoms with van der Waals surface area (Å²) >= 11 is 3.15. The average molecular weight is 288 g/mol. The lowest BCUT2D eigenvalue weighted by Gasteiger charge is -2.05. The van der Waals surface area contributed by atoms with E-state index in [9.17, 15) is 14.9 Å². The fourth-order valence-corrected chi connectivity index (χ4v) is 1.71. The van der Waals surface area contributed by atoms with Crippen LogP contribution in [0.1, 0.15) is 5.56 Å². The summed E-state index contributed by atoms with van der Waals surface area (Å²) < 4.78 is 0.414. The quantitative estimate of drug-likeness (QED) is 0.622. The van der Waals surface area contributed by atoms with Gasteiger partial charge in [-0.3, -0.25) is 14.9 Å². The lowest BCUT2D eigenvalue weighted by atomic mass is 10.2. The number of nitro benzene ring substituents is 1. The Morgan fingerprint density at radius 2 is 2.25 bits per heavy atom. The fraction of sp³-hybridized carbons (Fsp3) is 0.222. The zero-order valence-electron chi connectivity index (χ0n) is 8.27. The topological polar surface area (TPSA) is 98.3 Å². The van der Waals surface area contributed by atoms with Gasteiger partial charge in [0.05, 0.1) is 15.9 Å². The van der Waals surface area contributed by atoms with Gasteiger partial charge < -0.3 is 11.1 Å². The van der Waals surface area contributed by atoms with E-state index in [1.54, 1.807) is 12.1 Å². The summed E-state index contributed by atoms with van der Waals surface area (Å²) in [5.74, 6) is -0.471. The molecule has 1 rings (SSSR count). The Bertz CT molecular complexity index is 422. The summed E-state index contributed by atoms with van der Waals surface area (Å²) in [6, 6.07) is 4.72. The summed E-state index contributed by atoms with van der Waals surface area (Å²) in [6.45, 7) is 0.375. The number of carbonyl (C=O) groups is 1. The Labute approximate surface area is 100 Å².